The average Bonchev–Trinajstić information content (AvgIpc) is 3.21. The van der Waals surface area contributed by atoms with Crippen molar-refractivity contribution in [1.29, 1.82) is 0 Å². The van der Waals surface area contributed by atoms with Gasteiger partial charge in [0.2, 0.25) is 10.0 Å². The van der Waals surface area contributed by atoms with Crippen LogP contribution in [0.3, 0.4) is 0 Å². The molecule has 10 heteroatoms. The number of nitrogens with one attached hydrogen (secondary N) is 2. The van der Waals surface area contributed by atoms with Crippen LogP contribution in [0.2, 0.25) is 0 Å². The number of hydrogen-bond donors (Lipinski definition) is 2. The number of ether oxygens (including phenoxy) is 2. The van der Waals surface area contributed by atoms with Crippen LogP contribution >= 0.6 is 0 Å². The van der Waals surface area contributed by atoms with Gasteiger partial charge in [0.25, 0.3) is 0 Å². The molecule has 2 aliphatic rings. The van der Waals surface area contributed by atoms with Crippen LogP contribution in [0.5, 0.6) is 17.2 Å². The number of urea groups is 1. The lowest BCUT2D eigenvalue weighted by Crippen LogP contribution is -2.54. The Morgan fingerprint density at radius 2 is 1.61 bits per heavy atom. The maximum absolute atomic E-state index is 13.2. The van der Waals surface area contributed by atoms with E-state index in [1.807, 2.05) is 13.7 Å². The van der Waals surface area contributed by atoms with Gasteiger partial charge in [0.1, 0.15) is 24.0 Å². The minimum Gasteiger partial charge on any atom is -0.497 e. The summed E-state index contributed by atoms with van der Waals surface area (Å²) < 4.78 is 38.9. The Balaban J connectivity index is 0.00000149. The molecule has 0 saturated carbocycles. The van der Waals surface area contributed by atoms with E-state index in [0.29, 0.717) is 31.1 Å². The molecule has 2 aliphatic heterocycles. The second kappa shape index (κ2) is 10.2. The van der Waals surface area contributed by atoms with Crippen LogP contribution in [0.25, 0.3) is 0 Å². The molecule has 4 rings (SSSR count). The highest BCUT2D eigenvalue weighted by Gasteiger charge is 2.44. The van der Waals surface area contributed by atoms with Crippen molar-refractivity contribution in [3.05, 3.63) is 48.5 Å². The molecule has 2 heterocycles. The number of hydrogen-bond acceptors (Lipinski definition) is 6. The molecule has 33 heavy (non-hydrogen) atoms. The van der Waals surface area contributed by atoms with Gasteiger partial charge < -0.3 is 24.9 Å². The Morgan fingerprint density at radius 3 is 2.15 bits per heavy atom. The zero-order valence-electron chi connectivity index (χ0n) is 18.7. The summed E-state index contributed by atoms with van der Waals surface area (Å²) in [5.74, 6) is 1.96. The molecule has 2 saturated heterocycles. The molecule has 2 N–H and O–H groups in total. The Labute approximate surface area is 194 Å². The number of carbonyl (C=O) groups excluding carboxylic acids is 2. The molecule has 0 bridgehead atoms. The summed E-state index contributed by atoms with van der Waals surface area (Å²) in [6, 6.07) is 13.4. The van der Waals surface area contributed by atoms with E-state index in [9.17, 15) is 13.2 Å². The molecule has 0 aliphatic carbocycles. The van der Waals surface area contributed by atoms with Crippen molar-refractivity contribution in [3.8, 4) is 17.2 Å². The second-order valence-corrected chi connectivity index (χ2v) is 10.1. The van der Waals surface area contributed by atoms with Crippen LogP contribution in [0, 0.1) is 5.92 Å². The molecule has 0 radical (unpaired) electrons. The highest BCUT2D eigenvalue weighted by atomic mass is 32.2. The summed E-state index contributed by atoms with van der Waals surface area (Å²) in [4.78, 5) is 19.9. The van der Waals surface area contributed by atoms with E-state index >= 15 is 0 Å². The van der Waals surface area contributed by atoms with Gasteiger partial charge in [-0.15, -0.1) is 0 Å². The molecule has 178 valence electrons. The summed E-state index contributed by atoms with van der Waals surface area (Å²) >= 11 is 0. The van der Waals surface area contributed by atoms with Gasteiger partial charge in [-0.25, -0.2) is 13.2 Å². The van der Waals surface area contributed by atoms with Crippen molar-refractivity contribution in [2.45, 2.75) is 30.2 Å². The molecule has 0 spiro atoms. The molecule has 2 aromatic carbocycles. The largest absolute Gasteiger partial charge is 0.497 e. The monoisotopic (exact) mass is 475 g/mol. The van der Waals surface area contributed by atoms with Gasteiger partial charge >= 0.3 is 6.03 Å². The van der Waals surface area contributed by atoms with Crippen molar-refractivity contribution < 1.29 is 27.5 Å². The topological polar surface area (TPSA) is 114 Å². The van der Waals surface area contributed by atoms with Gasteiger partial charge in [0.15, 0.2) is 0 Å². The maximum atomic E-state index is 13.2. The number of rotatable bonds is 6. The Bertz CT molecular complexity index is 1060. The molecule has 2 aromatic rings. The molecular formula is C23H29N3O6S. The fourth-order valence-electron chi connectivity index (χ4n) is 4.15. The predicted octanol–water partition coefficient (Wildman–Crippen LogP) is 2.77. The van der Waals surface area contributed by atoms with Crippen molar-refractivity contribution in [1.82, 2.24) is 14.9 Å². The number of amides is 2. The third-order valence-corrected chi connectivity index (χ3v) is 7.94. The molecule has 0 aromatic heterocycles. The standard InChI is InChI=1S/C22H27N3O5S.CH2O/c1-22(15-23-21(26)24-22)16-4-3-13-25(14-16)31(27,28)20-11-9-19(10-12-20)30-18-7-5-17(29-2)6-8-18;1-2/h5-12,16H,3-4,13-15H2,1-2H3,(H2,23,24,26);1H2. The quantitative estimate of drug-likeness (QED) is 0.664. The third-order valence-electron chi connectivity index (χ3n) is 6.06. The van der Waals surface area contributed by atoms with Crippen LogP contribution in [0.1, 0.15) is 19.8 Å². The van der Waals surface area contributed by atoms with E-state index in [0.717, 1.165) is 18.6 Å². The van der Waals surface area contributed by atoms with Gasteiger partial charge in [-0.05, 0) is 74.2 Å². The van der Waals surface area contributed by atoms with Crippen LogP contribution in [-0.4, -0.2) is 57.8 Å². The lowest BCUT2D eigenvalue weighted by Gasteiger charge is -2.40. The normalized spacial score (nSPS) is 23.0. The molecule has 2 atom stereocenters. The number of benzene rings is 2. The average molecular weight is 476 g/mol. The maximum Gasteiger partial charge on any atom is 0.315 e. The Kier molecular flexibility index (Phi) is 7.60. The first-order valence-electron chi connectivity index (χ1n) is 10.6. The fraction of sp³-hybridized carbons (Fsp3) is 0.391. The van der Waals surface area contributed by atoms with Gasteiger partial charge in [-0.2, -0.15) is 4.31 Å². The Morgan fingerprint density at radius 1 is 1.03 bits per heavy atom. The molecule has 2 unspecified atom stereocenters. The lowest BCUT2D eigenvalue weighted by molar-refractivity contribution is -0.0980. The summed E-state index contributed by atoms with van der Waals surface area (Å²) in [6.07, 6.45) is 1.63. The predicted molar refractivity (Wildman–Crippen MR) is 123 cm³/mol. The van der Waals surface area contributed by atoms with Gasteiger partial charge in [-0.1, -0.05) is 0 Å². The van der Waals surface area contributed by atoms with E-state index in [-0.39, 0.29) is 16.8 Å². The van der Waals surface area contributed by atoms with E-state index in [4.69, 9.17) is 14.3 Å². The number of sulfonamides is 1. The highest BCUT2D eigenvalue weighted by molar-refractivity contribution is 7.89. The van der Waals surface area contributed by atoms with Crippen LogP contribution in [0.4, 0.5) is 4.79 Å². The minimum absolute atomic E-state index is 0.0488. The minimum atomic E-state index is -3.64. The first-order valence-corrected chi connectivity index (χ1v) is 12.0. The summed E-state index contributed by atoms with van der Waals surface area (Å²) in [5.41, 5.74) is -0.443. The van der Waals surface area contributed by atoms with Crippen molar-refractivity contribution >= 4 is 22.8 Å². The number of carbonyl (C=O) groups is 2. The molecule has 9 nitrogen and oxygen atoms in total. The Hall–Kier alpha value is -3.11. The van der Waals surface area contributed by atoms with E-state index in [1.54, 1.807) is 55.6 Å². The van der Waals surface area contributed by atoms with Crippen molar-refractivity contribution in [2.24, 2.45) is 5.92 Å². The second-order valence-electron chi connectivity index (χ2n) is 8.18. The molecule has 2 fully saturated rings. The van der Waals surface area contributed by atoms with Crippen LogP contribution in [-0.2, 0) is 14.8 Å². The first-order chi connectivity index (χ1) is 15.8. The van der Waals surface area contributed by atoms with Crippen LogP contribution < -0.4 is 20.1 Å². The SMILES string of the molecule is C=O.COc1ccc(Oc2ccc(S(=O)(=O)N3CCCC(C4(C)CNC(=O)N4)C3)cc2)cc1. The fourth-order valence-corrected chi connectivity index (χ4v) is 5.67. The summed E-state index contributed by atoms with van der Waals surface area (Å²) in [6.45, 7) is 5.32. The van der Waals surface area contributed by atoms with E-state index < -0.39 is 15.6 Å². The summed E-state index contributed by atoms with van der Waals surface area (Å²) in [5, 5.41) is 5.74. The number of methoxy groups -OCH3 is 1. The van der Waals surface area contributed by atoms with Crippen molar-refractivity contribution in [2.75, 3.05) is 26.7 Å². The van der Waals surface area contributed by atoms with Crippen LogP contribution in [0.15, 0.2) is 53.4 Å². The van der Waals surface area contributed by atoms with E-state index in [2.05, 4.69) is 10.6 Å². The van der Waals surface area contributed by atoms with Gasteiger partial charge in [0, 0.05) is 19.6 Å². The third kappa shape index (κ3) is 5.45. The number of nitrogens with zero attached hydrogens (tertiary/aromatic N) is 1. The zero-order valence-corrected chi connectivity index (χ0v) is 19.6. The zero-order chi connectivity index (χ0) is 24.1. The smallest absolute Gasteiger partial charge is 0.315 e. The summed E-state index contributed by atoms with van der Waals surface area (Å²) in [7, 11) is -2.04. The highest BCUT2D eigenvalue weighted by Crippen LogP contribution is 2.32. The molecular weight excluding hydrogens is 446 g/mol. The lowest BCUT2D eigenvalue weighted by atomic mass is 9.81. The molecule has 2 amide bonds. The van der Waals surface area contributed by atoms with Gasteiger partial charge in [-0.3, -0.25) is 0 Å². The van der Waals surface area contributed by atoms with Crippen molar-refractivity contribution in [3.63, 3.8) is 0 Å². The van der Waals surface area contributed by atoms with Gasteiger partial charge in [0.05, 0.1) is 17.5 Å². The van der Waals surface area contributed by atoms with E-state index in [1.165, 1.54) is 4.31 Å². The first kappa shape index (κ1) is 24.5. The number of piperidine rings is 1.